The maximum atomic E-state index is 2.31. The van der Waals surface area contributed by atoms with Crippen molar-refractivity contribution in [3.8, 4) is 0 Å². The van der Waals surface area contributed by atoms with E-state index < -0.39 is 0 Å². The Morgan fingerprint density at radius 2 is 2.00 bits per heavy atom. The topological polar surface area (TPSA) is 0 Å². The van der Waals surface area contributed by atoms with Crippen LogP contribution < -0.4 is 0 Å². The zero-order valence-corrected chi connectivity index (χ0v) is 6.85. The molecule has 0 aromatic heterocycles. The molecule has 0 N–H and O–H groups in total. The van der Waals surface area contributed by atoms with Crippen LogP contribution in [0.5, 0.6) is 0 Å². The number of rotatable bonds is 0. The molecule has 1 rings (SSSR count). The van der Waals surface area contributed by atoms with Crippen LogP contribution in [-0.2, 0) is 0 Å². The second kappa shape index (κ2) is 5.87. The molecule has 0 aromatic carbocycles. The van der Waals surface area contributed by atoms with Crippen molar-refractivity contribution in [1.82, 2.24) is 0 Å². The summed E-state index contributed by atoms with van der Waals surface area (Å²) in [4.78, 5) is 0. The van der Waals surface area contributed by atoms with Crippen molar-refractivity contribution < 1.29 is 0 Å². The van der Waals surface area contributed by atoms with E-state index in [1.165, 1.54) is 19.3 Å². The fourth-order valence-corrected chi connectivity index (χ4v) is 0.982. The standard InChI is InChI=1S/C7H12.C2H6/c1-7-5-3-2-4-6-7;1-2/h3,5,7H,2,4,6H2,1H3;1-2H3. The molecule has 0 fully saturated rings. The zero-order valence-electron chi connectivity index (χ0n) is 6.85. The first-order valence-corrected chi connectivity index (χ1v) is 4.06. The van der Waals surface area contributed by atoms with Gasteiger partial charge in [0.05, 0.1) is 0 Å². The van der Waals surface area contributed by atoms with Crippen LogP contribution in [0.4, 0.5) is 0 Å². The lowest BCUT2D eigenvalue weighted by atomic mass is 9.98. The van der Waals surface area contributed by atoms with E-state index >= 15 is 0 Å². The monoisotopic (exact) mass is 126 g/mol. The Bertz CT molecular complexity index is 72.1. The molecule has 0 saturated heterocycles. The van der Waals surface area contributed by atoms with Crippen molar-refractivity contribution in [2.45, 2.75) is 40.0 Å². The number of hydrogen-bond donors (Lipinski definition) is 0. The molecule has 1 atom stereocenters. The minimum Gasteiger partial charge on any atom is -0.0883 e. The Morgan fingerprint density at radius 1 is 1.33 bits per heavy atom. The van der Waals surface area contributed by atoms with Crippen LogP contribution in [0, 0.1) is 5.92 Å². The third-order valence-electron chi connectivity index (χ3n) is 1.49. The molecular formula is C9H18. The summed E-state index contributed by atoms with van der Waals surface area (Å²) in [6, 6.07) is 0. The summed E-state index contributed by atoms with van der Waals surface area (Å²) in [5.41, 5.74) is 0. The largest absolute Gasteiger partial charge is 0.0883 e. The summed E-state index contributed by atoms with van der Waals surface area (Å²) in [6.07, 6.45) is 8.70. The van der Waals surface area contributed by atoms with Gasteiger partial charge in [-0.05, 0) is 25.2 Å². The van der Waals surface area contributed by atoms with Crippen molar-refractivity contribution in [3.05, 3.63) is 12.2 Å². The van der Waals surface area contributed by atoms with Gasteiger partial charge in [0.2, 0.25) is 0 Å². The first kappa shape index (κ1) is 8.74. The summed E-state index contributed by atoms with van der Waals surface area (Å²) < 4.78 is 0. The minimum absolute atomic E-state index is 0.855. The van der Waals surface area contributed by atoms with Crippen LogP contribution in [0.2, 0.25) is 0 Å². The van der Waals surface area contributed by atoms with Gasteiger partial charge in [0.1, 0.15) is 0 Å². The predicted octanol–water partition coefficient (Wildman–Crippen LogP) is 3.39. The first-order chi connectivity index (χ1) is 4.39. The molecule has 1 unspecified atom stereocenters. The molecule has 0 nitrogen and oxygen atoms in total. The van der Waals surface area contributed by atoms with Crippen molar-refractivity contribution in [2.75, 3.05) is 0 Å². The van der Waals surface area contributed by atoms with Crippen molar-refractivity contribution >= 4 is 0 Å². The van der Waals surface area contributed by atoms with Crippen molar-refractivity contribution in [3.63, 3.8) is 0 Å². The average Bonchev–Trinajstić information content (AvgIpc) is 1.94. The summed E-state index contributed by atoms with van der Waals surface area (Å²) in [7, 11) is 0. The summed E-state index contributed by atoms with van der Waals surface area (Å²) in [6.45, 7) is 6.27. The van der Waals surface area contributed by atoms with E-state index in [9.17, 15) is 0 Å². The molecule has 0 heteroatoms. The van der Waals surface area contributed by atoms with E-state index in [0.717, 1.165) is 5.92 Å². The molecule has 0 amide bonds. The van der Waals surface area contributed by atoms with Gasteiger partial charge in [-0.15, -0.1) is 0 Å². The highest BCUT2D eigenvalue weighted by Crippen LogP contribution is 2.14. The molecule has 0 radical (unpaired) electrons. The Morgan fingerprint density at radius 3 is 2.22 bits per heavy atom. The summed E-state index contributed by atoms with van der Waals surface area (Å²) in [5, 5.41) is 0. The summed E-state index contributed by atoms with van der Waals surface area (Å²) >= 11 is 0. The molecule has 0 aliphatic heterocycles. The van der Waals surface area contributed by atoms with Gasteiger partial charge in [0.15, 0.2) is 0 Å². The van der Waals surface area contributed by atoms with Gasteiger partial charge in [-0.1, -0.05) is 32.9 Å². The highest BCUT2D eigenvalue weighted by Gasteiger charge is 1.98. The third-order valence-corrected chi connectivity index (χ3v) is 1.49. The smallest absolute Gasteiger partial charge is 0.0262 e. The molecule has 0 heterocycles. The number of hydrogen-bond acceptors (Lipinski definition) is 0. The second-order valence-electron chi connectivity index (χ2n) is 2.34. The molecule has 0 spiro atoms. The van der Waals surface area contributed by atoms with Gasteiger partial charge >= 0.3 is 0 Å². The van der Waals surface area contributed by atoms with Crippen LogP contribution in [0.1, 0.15) is 40.0 Å². The average molecular weight is 126 g/mol. The molecule has 9 heavy (non-hydrogen) atoms. The lowest BCUT2D eigenvalue weighted by molar-refractivity contribution is 0.584. The maximum Gasteiger partial charge on any atom is -0.0262 e. The van der Waals surface area contributed by atoms with Crippen molar-refractivity contribution in [1.29, 1.82) is 0 Å². The van der Waals surface area contributed by atoms with Gasteiger partial charge in [-0.2, -0.15) is 0 Å². The van der Waals surface area contributed by atoms with Crippen LogP contribution >= 0.6 is 0 Å². The van der Waals surface area contributed by atoms with Crippen LogP contribution in [-0.4, -0.2) is 0 Å². The van der Waals surface area contributed by atoms with Gasteiger partial charge < -0.3 is 0 Å². The zero-order chi connectivity index (χ0) is 7.11. The Hall–Kier alpha value is -0.260. The van der Waals surface area contributed by atoms with Gasteiger partial charge in [-0.25, -0.2) is 0 Å². The van der Waals surface area contributed by atoms with E-state index in [1.54, 1.807) is 0 Å². The minimum atomic E-state index is 0.855. The summed E-state index contributed by atoms with van der Waals surface area (Å²) in [5.74, 6) is 0.855. The Balaban J connectivity index is 0.000000291. The highest BCUT2D eigenvalue weighted by molar-refractivity contribution is 4.90. The van der Waals surface area contributed by atoms with Gasteiger partial charge in [0.25, 0.3) is 0 Å². The molecule has 54 valence electrons. The lowest BCUT2D eigenvalue weighted by Crippen LogP contribution is -1.92. The fraction of sp³-hybridized carbons (Fsp3) is 0.778. The van der Waals surface area contributed by atoms with E-state index in [1.807, 2.05) is 13.8 Å². The maximum absolute atomic E-state index is 2.31. The lowest BCUT2D eigenvalue weighted by Gasteiger charge is -2.08. The second-order valence-corrected chi connectivity index (χ2v) is 2.34. The van der Waals surface area contributed by atoms with E-state index in [4.69, 9.17) is 0 Å². The molecule has 0 aromatic rings. The van der Waals surface area contributed by atoms with Gasteiger partial charge in [0, 0.05) is 0 Å². The quantitative estimate of drug-likeness (QED) is 0.436. The molecule has 1 aliphatic rings. The van der Waals surface area contributed by atoms with Gasteiger partial charge in [-0.3, -0.25) is 0 Å². The van der Waals surface area contributed by atoms with Crippen LogP contribution in [0.3, 0.4) is 0 Å². The van der Waals surface area contributed by atoms with Crippen LogP contribution in [0.15, 0.2) is 12.2 Å². The van der Waals surface area contributed by atoms with E-state index in [-0.39, 0.29) is 0 Å². The SMILES string of the molecule is CC.CC1C=CCCC1. The van der Waals surface area contributed by atoms with E-state index in [0.29, 0.717) is 0 Å². The molecule has 1 aliphatic carbocycles. The highest BCUT2D eigenvalue weighted by atomic mass is 14.0. The molecule has 0 bridgehead atoms. The van der Waals surface area contributed by atoms with E-state index in [2.05, 4.69) is 19.1 Å². The Labute approximate surface area is 59.0 Å². The fourth-order valence-electron chi connectivity index (χ4n) is 0.982. The first-order valence-electron chi connectivity index (χ1n) is 4.06. The Kier molecular flexibility index (Phi) is 5.70. The predicted molar refractivity (Wildman–Crippen MR) is 43.5 cm³/mol. The molecular weight excluding hydrogens is 108 g/mol. The normalized spacial score (nSPS) is 24.6. The van der Waals surface area contributed by atoms with Crippen molar-refractivity contribution in [2.24, 2.45) is 5.92 Å². The van der Waals surface area contributed by atoms with Crippen LogP contribution in [0.25, 0.3) is 0 Å². The molecule has 0 saturated carbocycles. The number of allylic oxidation sites excluding steroid dienone is 2. The third kappa shape index (κ3) is 4.26.